The molecule has 13 aromatic rings. The van der Waals surface area contributed by atoms with E-state index in [1.807, 2.05) is 118 Å². The third-order valence-electron chi connectivity index (χ3n) is 12.9. The second-order valence-corrected chi connectivity index (χ2v) is 19.2. The quantitative estimate of drug-likeness (QED) is 0.142. The van der Waals surface area contributed by atoms with Crippen LogP contribution in [-0.4, -0.2) is 23.3 Å². The molecule has 13 rings (SSSR count). The molecule has 0 aliphatic heterocycles. The van der Waals surface area contributed by atoms with Gasteiger partial charge in [0.2, 0.25) is 0 Å². The summed E-state index contributed by atoms with van der Waals surface area (Å²) < 4.78 is 116. The average Bonchev–Trinajstić information content (AvgIpc) is 3.23. The van der Waals surface area contributed by atoms with Crippen LogP contribution in [0.3, 0.4) is 0 Å². The van der Waals surface area contributed by atoms with E-state index in [0.29, 0.717) is 32.0 Å². The van der Waals surface area contributed by atoms with E-state index in [1.165, 1.54) is 0 Å². The molecule has 71 heavy (non-hydrogen) atoms. The summed E-state index contributed by atoms with van der Waals surface area (Å²) in [4.78, 5) is 4.82. The predicted octanol–water partition coefficient (Wildman–Crippen LogP) is 16.1. The minimum absolute atomic E-state index is 0.0812. The van der Waals surface area contributed by atoms with Gasteiger partial charge >= 0.3 is 383 Å². The van der Waals surface area contributed by atoms with Crippen molar-refractivity contribution in [3.63, 3.8) is 0 Å². The number of fused-ring (bicyclic) bond motifs is 7. The zero-order valence-corrected chi connectivity index (χ0v) is 40.7. The van der Waals surface area contributed by atoms with Gasteiger partial charge in [0.15, 0.2) is 0 Å². The van der Waals surface area contributed by atoms with E-state index in [0.717, 1.165) is 55.0 Å². The fourth-order valence-electron chi connectivity index (χ4n) is 9.76. The van der Waals surface area contributed by atoms with E-state index in [9.17, 15) is 6.85 Å². The van der Waals surface area contributed by atoms with Gasteiger partial charge in [0.25, 0.3) is 0 Å². The number of imidazole rings is 1. The molecule has 344 valence electrons. The van der Waals surface area contributed by atoms with E-state index < -0.39 is 60.4 Å². The Kier molecular flexibility index (Phi) is 7.77. The maximum absolute atomic E-state index is 9.55. The van der Waals surface area contributed by atoms with Crippen molar-refractivity contribution in [1.82, 2.24) is 23.3 Å². The Labute approximate surface area is 437 Å². The summed E-state index contributed by atoms with van der Waals surface area (Å²) in [7, 11) is 0. The molecule has 0 radical (unpaired) electrons. The standard InChI is InChI=1S/C64H45N5O.Pt/c1-64(2,3)45-35-36-65-62(37-45)69-58-30-15-12-27-52(58)53-34-33-49(41-61(53)69)70-48-24-18-23-46(38-48)66-42-67(60-32-17-16-31-59(60)66)63-54(43-19-6-4-7-20-43)39-47(40-55(63)44-21-8-5-9-22-44)68-56-28-13-10-25-50(56)51-26-11-14-29-57(51)68;/h4-37,39-40H,1-3H3;/q-2;/i4D,5D,6D,7D,8D,9D,18D,19D,20D,21D,22D;. The van der Waals surface area contributed by atoms with Gasteiger partial charge in [-0.25, -0.2) is 0 Å². The molecule has 0 aliphatic rings. The summed E-state index contributed by atoms with van der Waals surface area (Å²) in [5, 5.41) is 3.76. The van der Waals surface area contributed by atoms with E-state index >= 15 is 0 Å². The van der Waals surface area contributed by atoms with E-state index in [1.54, 1.807) is 28.8 Å². The zero-order valence-electron chi connectivity index (χ0n) is 49.4. The van der Waals surface area contributed by atoms with Crippen LogP contribution in [0.25, 0.3) is 99.8 Å². The van der Waals surface area contributed by atoms with E-state index in [2.05, 4.69) is 75.0 Å². The van der Waals surface area contributed by atoms with Crippen LogP contribution in [0.15, 0.2) is 218 Å². The van der Waals surface area contributed by atoms with Gasteiger partial charge in [0.05, 0.1) is 0 Å². The van der Waals surface area contributed by atoms with Gasteiger partial charge in [-0.3, -0.25) is 0 Å². The number of aromatic nitrogens is 5. The van der Waals surface area contributed by atoms with Crippen molar-refractivity contribution in [2.45, 2.75) is 26.2 Å². The van der Waals surface area contributed by atoms with Crippen LogP contribution >= 0.6 is 0 Å². The van der Waals surface area contributed by atoms with Crippen molar-refractivity contribution < 1.29 is 39.2 Å². The molecule has 0 spiro atoms. The van der Waals surface area contributed by atoms with Gasteiger partial charge in [-0.15, -0.1) is 0 Å². The van der Waals surface area contributed by atoms with Crippen molar-refractivity contribution in [3.05, 3.63) is 240 Å². The molecule has 0 atom stereocenters. The van der Waals surface area contributed by atoms with Crippen molar-refractivity contribution >= 4 is 54.6 Å². The average molecular weight is 1110 g/mol. The molecule has 0 saturated heterocycles. The number of para-hydroxylation sites is 5. The molecule has 6 nitrogen and oxygen atoms in total. The second kappa shape index (κ2) is 17.0. The topological polar surface area (TPSA) is 41.8 Å². The summed E-state index contributed by atoms with van der Waals surface area (Å²) in [5.41, 5.74) is 6.08. The first-order valence-electron chi connectivity index (χ1n) is 28.5. The molecule has 0 fully saturated rings. The third kappa shape index (κ3) is 7.20. The van der Waals surface area contributed by atoms with Gasteiger partial charge in [-0.05, 0) is 17.0 Å². The molecule has 0 amide bonds. The predicted molar refractivity (Wildman–Crippen MR) is 286 cm³/mol. The number of pyridine rings is 1. The van der Waals surface area contributed by atoms with Crippen molar-refractivity contribution in [2.75, 3.05) is 0 Å². The number of rotatable bonds is 8. The monoisotopic (exact) mass is 1110 g/mol. The van der Waals surface area contributed by atoms with Crippen LogP contribution in [0.1, 0.15) is 41.4 Å². The molecule has 9 aromatic carbocycles. The van der Waals surface area contributed by atoms with Gasteiger partial charge in [-0.1, -0.05) is 32.9 Å². The van der Waals surface area contributed by atoms with Gasteiger partial charge in [0.1, 0.15) is 0 Å². The molecule has 4 heterocycles. The maximum atomic E-state index is 9.55. The van der Waals surface area contributed by atoms with E-state index in [-0.39, 0.29) is 45.1 Å². The first-order valence-corrected chi connectivity index (χ1v) is 24.1. The van der Waals surface area contributed by atoms with Gasteiger partial charge in [0, 0.05) is 6.20 Å². The Hall–Kier alpha value is -8.31. The summed E-state index contributed by atoms with van der Waals surface area (Å²) in [6.07, 6.45) is 1.82. The van der Waals surface area contributed by atoms with Crippen LogP contribution in [0.2, 0.25) is 0 Å². The Morgan fingerprint density at radius 3 is 1.65 bits per heavy atom. The third-order valence-corrected chi connectivity index (χ3v) is 14.0. The fourth-order valence-corrected chi connectivity index (χ4v) is 10.8. The molecule has 0 aliphatic carbocycles. The Morgan fingerprint density at radius 2 is 1.04 bits per heavy atom. The first kappa shape index (κ1) is 32.5. The zero-order chi connectivity index (χ0) is 57.4. The molecular formula is C64H45N5OPt-2. The number of benzene rings is 9. The summed E-state index contributed by atoms with van der Waals surface area (Å²) in [6.45, 7) is 6.48. The Morgan fingerprint density at radius 1 is 0.507 bits per heavy atom. The van der Waals surface area contributed by atoms with Crippen LogP contribution in [0, 0.1) is 15.9 Å². The Balaban J connectivity index is 1.08. The summed E-state index contributed by atoms with van der Waals surface area (Å²) in [6, 6.07) is 47.0. The van der Waals surface area contributed by atoms with Gasteiger partial charge in [-0.2, -0.15) is 0 Å². The van der Waals surface area contributed by atoms with Crippen LogP contribution in [-0.2, 0) is 24.8 Å². The minimum atomic E-state index is -0.602. The molecule has 0 saturated carbocycles. The normalized spacial score (nSPS) is 14.1. The molecule has 0 bridgehead atoms. The molecule has 7 heteroatoms. The van der Waals surface area contributed by atoms with Crippen LogP contribution < -0.4 is 4.74 Å². The summed E-state index contributed by atoms with van der Waals surface area (Å²) in [5.74, 6) is 1.28. The fraction of sp³-hybridized carbons (Fsp3) is 0.0625. The van der Waals surface area contributed by atoms with Crippen LogP contribution in [0.4, 0.5) is 0 Å². The number of ether oxygens (including phenoxy) is 1. The first-order chi connectivity index (χ1) is 39.3. The summed E-state index contributed by atoms with van der Waals surface area (Å²) >= 11 is 2.13. The van der Waals surface area contributed by atoms with Crippen molar-refractivity contribution in [1.29, 1.82) is 0 Å². The molecular weight excluding hydrogens is 1050 g/mol. The number of hydrogen-bond donors (Lipinski definition) is 0. The van der Waals surface area contributed by atoms with Gasteiger partial charge < -0.3 is 0 Å². The second-order valence-electron chi connectivity index (χ2n) is 18.2. The van der Waals surface area contributed by atoms with Crippen molar-refractivity contribution in [2.24, 2.45) is 0 Å². The molecule has 0 unspecified atom stereocenters. The SMILES string of the molecule is [2H]c1cc(Oc2[c-]c3c(cc2)c2ccccc2n3-c2cc(C(C)(C)C)ccn2)[c-]c(-n2[c](=[Pt])n(-c3c(-c4c([2H])c([2H])c([2H])c([2H])c4[2H])cc(-n4c5ccccc5c5ccccc54)cc3-c3c([2H])c([2H])c([2H])c([2H])c3[2H])c3ccccc32)c1. The number of nitrogens with zero attached hydrogens (tertiary/aromatic N) is 5. The molecule has 4 aromatic heterocycles. The van der Waals surface area contributed by atoms with E-state index in [4.69, 9.17) is 17.9 Å². The molecule has 0 N–H and O–H groups in total. The van der Waals surface area contributed by atoms with Crippen LogP contribution in [0.5, 0.6) is 11.5 Å². The van der Waals surface area contributed by atoms with Crippen molar-refractivity contribution in [3.8, 4) is 56.6 Å². The Bertz CT molecular complexity index is 4760. The number of hydrogen-bond acceptors (Lipinski definition) is 2.